The van der Waals surface area contributed by atoms with Crippen molar-refractivity contribution in [1.82, 2.24) is 9.13 Å². The molecule has 0 aliphatic heterocycles. The summed E-state index contributed by atoms with van der Waals surface area (Å²) in [6, 6.07) is 85.0. The lowest BCUT2D eigenvalue weighted by Gasteiger charge is -2.23. The minimum Gasteiger partial charge on any atom is -0.309 e. The van der Waals surface area contributed by atoms with Crippen LogP contribution in [0, 0.1) is 0 Å². The van der Waals surface area contributed by atoms with Crippen molar-refractivity contribution in [3.8, 4) is 44.8 Å². The molecule has 2 heteroatoms. The van der Waals surface area contributed by atoms with Crippen molar-refractivity contribution in [2.45, 2.75) is 0 Å². The van der Waals surface area contributed by atoms with Crippen molar-refractivity contribution in [1.29, 1.82) is 0 Å². The molecule has 0 bridgehead atoms. The smallest absolute Gasteiger partial charge is 0.0541 e. The Morgan fingerprint density at radius 2 is 0.581 bits per heavy atom. The van der Waals surface area contributed by atoms with Crippen molar-refractivity contribution in [3.05, 3.63) is 231 Å². The van der Waals surface area contributed by atoms with Gasteiger partial charge >= 0.3 is 0 Å². The normalized spacial score (nSPS) is 11.9. The molecular formula is C60H38N2. The summed E-state index contributed by atoms with van der Waals surface area (Å²) in [5, 5.41) is 12.4. The summed E-state index contributed by atoms with van der Waals surface area (Å²) < 4.78 is 4.90. The van der Waals surface area contributed by atoms with E-state index in [1.54, 1.807) is 0 Å². The quantitative estimate of drug-likeness (QED) is 0.154. The van der Waals surface area contributed by atoms with E-state index in [0.717, 1.165) is 11.4 Å². The van der Waals surface area contributed by atoms with Gasteiger partial charge in [0.15, 0.2) is 0 Å². The van der Waals surface area contributed by atoms with Gasteiger partial charge in [-0.2, -0.15) is 0 Å². The Balaban J connectivity index is 1.24. The van der Waals surface area contributed by atoms with Crippen LogP contribution in [0.2, 0.25) is 0 Å². The zero-order valence-corrected chi connectivity index (χ0v) is 33.8. The number of aromatic nitrogens is 2. The van der Waals surface area contributed by atoms with E-state index in [4.69, 9.17) is 0 Å². The summed E-state index contributed by atoms with van der Waals surface area (Å²) in [6.07, 6.45) is 0. The average molecular weight is 787 g/mol. The van der Waals surface area contributed by atoms with E-state index in [9.17, 15) is 0 Å². The molecule has 0 atom stereocenters. The van der Waals surface area contributed by atoms with Crippen LogP contribution in [0.25, 0.3) is 121 Å². The first kappa shape index (κ1) is 34.6. The van der Waals surface area contributed by atoms with Gasteiger partial charge in [-0.05, 0) is 120 Å². The Labute approximate surface area is 358 Å². The highest BCUT2D eigenvalue weighted by Crippen LogP contribution is 2.50. The number of rotatable bonds is 5. The van der Waals surface area contributed by atoms with E-state index in [1.165, 1.54) is 109 Å². The fourth-order valence-corrected chi connectivity index (χ4v) is 10.5. The molecule has 0 unspecified atom stereocenters. The molecule has 2 heterocycles. The van der Waals surface area contributed by atoms with Crippen LogP contribution in [0.1, 0.15) is 0 Å². The first-order valence-corrected chi connectivity index (χ1v) is 21.4. The molecule has 0 aliphatic carbocycles. The molecule has 288 valence electrons. The SMILES string of the molecule is c1ccc(-c2cc(-c3ccccc3)c3c4ccc(-n5c6ccccc6c6ccccc65)cc4c4cc(-n5c6ccccc6c6ccccc65)ccc4c3c2-c2ccccc2)cc1. The van der Waals surface area contributed by atoms with Crippen molar-refractivity contribution in [2.24, 2.45) is 0 Å². The molecule has 13 aromatic rings. The first-order chi connectivity index (χ1) is 30.8. The molecule has 0 saturated heterocycles. The van der Waals surface area contributed by atoms with Crippen molar-refractivity contribution in [3.63, 3.8) is 0 Å². The van der Waals surface area contributed by atoms with Crippen LogP contribution >= 0.6 is 0 Å². The third-order valence-electron chi connectivity index (χ3n) is 13.1. The van der Waals surface area contributed by atoms with Crippen LogP contribution in [0.15, 0.2) is 231 Å². The van der Waals surface area contributed by atoms with E-state index < -0.39 is 0 Å². The van der Waals surface area contributed by atoms with Crippen molar-refractivity contribution < 1.29 is 0 Å². The second-order valence-electron chi connectivity index (χ2n) is 16.4. The highest BCUT2D eigenvalue weighted by atomic mass is 15.0. The van der Waals surface area contributed by atoms with E-state index in [0.29, 0.717) is 0 Å². The van der Waals surface area contributed by atoms with Crippen LogP contribution in [-0.4, -0.2) is 9.13 Å². The summed E-state index contributed by atoms with van der Waals surface area (Å²) in [4.78, 5) is 0. The Morgan fingerprint density at radius 1 is 0.226 bits per heavy atom. The molecular weight excluding hydrogens is 749 g/mol. The predicted octanol–water partition coefficient (Wildman–Crippen LogP) is 16.3. The largest absolute Gasteiger partial charge is 0.309 e. The first-order valence-electron chi connectivity index (χ1n) is 21.4. The van der Waals surface area contributed by atoms with Gasteiger partial charge in [0, 0.05) is 32.9 Å². The number of para-hydroxylation sites is 4. The summed E-state index contributed by atoms with van der Waals surface area (Å²) in [5.41, 5.74) is 14.4. The molecule has 0 amide bonds. The molecule has 2 nitrogen and oxygen atoms in total. The third kappa shape index (κ3) is 5.11. The van der Waals surface area contributed by atoms with Gasteiger partial charge in [-0.15, -0.1) is 0 Å². The van der Waals surface area contributed by atoms with Gasteiger partial charge in [0.05, 0.1) is 22.1 Å². The zero-order chi connectivity index (χ0) is 40.7. The van der Waals surface area contributed by atoms with E-state index in [2.05, 4.69) is 240 Å². The Hall–Kier alpha value is -8.20. The van der Waals surface area contributed by atoms with Gasteiger partial charge < -0.3 is 9.13 Å². The van der Waals surface area contributed by atoms with E-state index in [-0.39, 0.29) is 0 Å². The molecule has 0 aliphatic rings. The Bertz CT molecular complexity index is 3790. The number of nitrogens with zero attached hydrogens (tertiary/aromatic N) is 2. The maximum Gasteiger partial charge on any atom is 0.0541 e. The maximum atomic E-state index is 2.46. The van der Waals surface area contributed by atoms with Gasteiger partial charge in [-0.3, -0.25) is 0 Å². The summed E-state index contributed by atoms with van der Waals surface area (Å²) in [7, 11) is 0. The molecule has 0 fully saturated rings. The van der Waals surface area contributed by atoms with E-state index in [1.807, 2.05) is 0 Å². The number of benzene rings is 11. The van der Waals surface area contributed by atoms with Crippen molar-refractivity contribution in [2.75, 3.05) is 0 Å². The van der Waals surface area contributed by atoms with Crippen LogP contribution in [-0.2, 0) is 0 Å². The molecule has 11 aromatic carbocycles. The second kappa shape index (κ2) is 13.7. The van der Waals surface area contributed by atoms with Crippen molar-refractivity contribution >= 4 is 75.9 Å². The topological polar surface area (TPSA) is 9.86 Å². The van der Waals surface area contributed by atoms with E-state index >= 15 is 0 Å². The lowest BCUT2D eigenvalue weighted by atomic mass is 9.81. The molecule has 2 aromatic heterocycles. The predicted molar refractivity (Wildman–Crippen MR) is 264 cm³/mol. The van der Waals surface area contributed by atoms with Crippen LogP contribution in [0.3, 0.4) is 0 Å². The second-order valence-corrected chi connectivity index (χ2v) is 16.4. The lowest BCUT2D eigenvalue weighted by Crippen LogP contribution is -1.98. The fraction of sp³-hybridized carbons (Fsp3) is 0. The molecule has 0 spiro atoms. The van der Waals surface area contributed by atoms with Gasteiger partial charge in [0.25, 0.3) is 0 Å². The number of fused-ring (bicyclic) bond motifs is 12. The standard InChI is InChI=1S/C60H38N2/c1-4-18-39(19-5-1)50-38-51(40-20-6-2-7-21-40)59-48-34-32-42(61-54-28-14-10-24-44(54)45-25-11-15-29-55(45)61)36-52(48)53-37-43(33-35-49(53)60(59)58(50)41-22-8-3-9-23-41)62-56-30-16-12-26-46(56)47-27-13-17-31-57(47)62/h1-38H. The maximum absolute atomic E-state index is 2.46. The minimum absolute atomic E-state index is 1.14. The lowest BCUT2D eigenvalue weighted by molar-refractivity contribution is 1.18. The minimum atomic E-state index is 1.14. The van der Waals surface area contributed by atoms with Crippen LogP contribution < -0.4 is 0 Å². The molecule has 62 heavy (non-hydrogen) atoms. The van der Waals surface area contributed by atoms with Crippen LogP contribution in [0.5, 0.6) is 0 Å². The zero-order valence-electron chi connectivity index (χ0n) is 33.8. The van der Waals surface area contributed by atoms with Gasteiger partial charge in [-0.1, -0.05) is 176 Å². The Morgan fingerprint density at radius 3 is 1.02 bits per heavy atom. The molecule has 0 N–H and O–H groups in total. The third-order valence-corrected chi connectivity index (χ3v) is 13.1. The highest BCUT2D eigenvalue weighted by molar-refractivity contribution is 6.33. The number of hydrogen-bond acceptors (Lipinski definition) is 0. The van der Waals surface area contributed by atoms with Gasteiger partial charge in [0.1, 0.15) is 0 Å². The van der Waals surface area contributed by atoms with Gasteiger partial charge in [-0.25, -0.2) is 0 Å². The summed E-state index contributed by atoms with van der Waals surface area (Å²) in [5.74, 6) is 0. The average Bonchev–Trinajstić information content (AvgIpc) is 3.87. The fourth-order valence-electron chi connectivity index (χ4n) is 10.5. The molecule has 13 rings (SSSR count). The number of hydrogen-bond donors (Lipinski definition) is 0. The van der Waals surface area contributed by atoms with Crippen LogP contribution in [0.4, 0.5) is 0 Å². The summed E-state index contributed by atoms with van der Waals surface area (Å²) in [6.45, 7) is 0. The highest BCUT2D eigenvalue weighted by Gasteiger charge is 2.23. The Kier molecular flexibility index (Phi) is 7.64. The molecule has 0 saturated carbocycles. The monoisotopic (exact) mass is 786 g/mol. The van der Waals surface area contributed by atoms with Gasteiger partial charge in [0.2, 0.25) is 0 Å². The summed E-state index contributed by atoms with van der Waals surface area (Å²) >= 11 is 0. The molecule has 0 radical (unpaired) electrons.